The number of carbonyl (C=O) groups excluding carboxylic acids is 4. The Morgan fingerprint density at radius 3 is 1.50 bits per heavy atom. The second-order valence-electron chi connectivity index (χ2n) is 7.18. The number of carbonyl (C=O) groups is 4. The molecule has 3 aromatic carbocycles. The molecule has 0 saturated carbocycles. The van der Waals surface area contributed by atoms with Gasteiger partial charge in [0.25, 0.3) is 11.8 Å². The maximum Gasteiger partial charge on any atom is 0.339 e. The van der Waals surface area contributed by atoms with Gasteiger partial charge < -0.3 is 9.47 Å². The lowest BCUT2D eigenvalue weighted by atomic mass is 10.2. The molecule has 1 aliphatic heterocycles. The number of amides is 2. The summed E-state index contributed by atoms with van der Waals surface area (Å²) < 4.78 is 10.8. The molecule has 0 unspecified atom stereocenters. The normalized spacial score (nSPS) is 17.8. The Morgan fingerprint density at radius 1 is 0.656 bits per heavy atom. The van der Waals surface area contributed by atoms with Gasteiger partial charge in [-0.15, -0.1) is 0 Å². The first-order chi connectivity index (χ1) is 15.5. The van der Waals surface area contributed by atoms with Gasteiger partial charge in [0.1, 0.15) is 0 Å². The maximum absolute atomic E-state index is 13.2. The van der Waals surface area contributed by atoms with Crippen LogP contribution in [0.5, 0.6) is 0 Å². The molecule has 1 aliphatic rings. The molecule has 4 rings (SSSR count). The Bertz CT molecular complexity index is 1100. The van der Waals surface area contributed by atoms with Gasteiger partial charge >= 0.3 is 11.9 Å². The Kier molecular flexibility index (Phi) is 5.81. The van der Waals surface area contributed by atoms with E-state index in [2.05, 4.69) is 0 Å². The Labute approximate surface area is 184 Å². The van der Waals surface area contributed by atoms with Gasteiger partial charge in [-0.05, 0) is 42.8 Å². The van der Waals surface area contributed by atoms with E-state index in [1.807, 2.05) is 0 Å². The Hall–Kier alpha value is -4.26. The van der Waals surface area contributed by atoms with Crippen molar-refractivity contribution in [2.45, 2.75) is 19.1 Å². The monoisotopic (exact) mass is 429 g/mol. The summed E-state index contributed by atoms with van der Waals surface area (Å²) in [6.45, 7) is 1.74. The summed E-state index contributed by atoms with van der Waals surface area (Å²) in [6, 6.07) is 22.9. The highest BCUT2D eigenvalue weighted by Crippen LogP contribution is 2.30. The number of benzene rings is 3. The number of rotatable bonds is 5. The minimum atomic E-state index is -1.61. The Morgan fingerprint density at radius 2 is 1.06 bits per heavy atom. The lowest BCUT2D eigenvalue weighted by Crippen LogP contribution is -2.37. The van der Waals surface area contributed by atoms with E-state index >= 15 is 0 Å². The standard InChI is InChI=1S/C25H19NO6/c1-16-10-8-9-15-19(16)26-22(27)20(31-24(29)17-11-4-2-5-12-17)21(23(26)28)32-25(30)18-13-6-3-7-14-18/h2-15,20-21H,1H3/t20-,21-/m1/s1. The predicted molar refractivity (Wildman–Crippen MR) is 115 cm³/mol. The summed E-state index contributed by atoms with van der Waals surface area (Å²) in [5.41, 5.74) is 1.41. The highest BCUT2D eigenvalue weighted by molar-refractivity contribution is 6.25. The Balaban J connectivity index is 1.67. The molecule has 0 aliphatic carbocycles. The molecular weight excluding hydrogens is 410 g/mol. The van der Waals surface area contributed by atoms with Crippen LogP contribution in [0.15, 0.2) is 84.9 Å². The number of hydrogen-bond acceptors (Lipinski definition) is 6. The van der Waals surface area contributed by atoms with Gasteiger partial charge in [0.2, 0.25) is 12.2 Å². The lowest BCUT2D eigenvalue weighted by Gasteiger charge is -2.16. The summed E-state index contributed by atoms with van der Waals surface area (Å²) in [4.78, 5) is 52.5. The third-order valence-corrected chi connectivity index (χ3v) is 5.05. The second kappa shape index (κ2) is 8.85. The van der Waals surface area contributed by atoms with Gasteiger partial charge in [0.05, 0.1) is 16.8 Å². The molecule has 0 spiro atoms. The van der Waals surface area contributed by atoms with Crippen LogP contribution in [0.4, 0.5) is 5.69 Å². The predicted octanol–water partition coefficient (Wildman–Crippen LogP) is 3.32. The zero-order valence-corrected chi connectivity index (χ0v) is 17.1. The molecule has 0 aromatic heterocycles. The summed E-state index contributed by atoms with van der Waals surface area (Å²) in [5, 5.41) is 0. The average Bonchev–Trinajstić information content (AvgIpc) is 3.04. The number of imide groups is 1. The molecule has 2 atom stereocenters. The molecule has 0 N–H and O–H groups in total. The molecule has 0 bridgehead atoms. The fourth-order valence-electron chi connectivity index (χ4n) is 3.41. The van der Waals surface area contributed by atoms with Gasteiger partial charge in [-0.3, -0.25) is 9.59 Å². The molecule has 0 radical (unpaired) electrons. The molecule has 1 saturated heterocycles. The SMILES string of the molecule is Cc1ccccc1N1C(=O)[C@H](OC(=O)c2ccccc2)[C@@H](OC(=O)c2ccccc2)C1=O. The summed E-state index contributed by atoms with van der Waals surface area (Å²) in [6.07, 6.45) is -3.22. The van der Waals surface area contributed by atoms with Crippen molar-refractivity contribution in [3.05, 3.63) is 102 Å². The van der Waals surface area contributed by atoms with Gasteiger partial charge in [0.15, 0.2) is 0 Å². The van der Waals surface area contributed by atoms with Gasteiger partial charge in [-0.25, -0.2) is 14.5 Å². The molecular formula is C25H19NO6. The first-order valence-electron chi connectivity index (χ1n) is 9.93. The van der Waals surface area contributed by atoms with Crippen LogP contribution >= 0.6 is 0 Å². The maximum atomic E-state index is 13.2. The largest absolute Gasteiger partial charge is 0.444 e. The highest BCUT2D eigenvalue weighted by Gasteiger charge is 2.53. The number of ether oxygens (including phenoxy) is 2. The number of nitrogens with zero attached hydrogens (tertiary/aromatic N) is 1. The molecule has 7 nitrogen and oxygen atoms in total. The summed E-state index contributed by atoms with van der Waals surface area (Å²) in [5.74, 6) is -3.16. The smallest absolute Gasteiger partial charge is 0.339 e. The number of hydrogen-bond donors (Lipinski definition) is 0. The molecule has 3 aromatic rings. The van der Waals surface area contributed by atoms with Crippen molar-refractivity contribution in [1.82, 2.24) is 0 Å². The molecule has 32 heavy (non-hydrogen) atoms. The van der Waals surface area contributed by atoms with Gasteiger partial charge in [-0.2, -0.15) is 0 Å². The van der Waals surface area contributed by atoms with E-state index in [0.717, 1.165) is 4.90 Å². The van der Waals surface area contributed by atoms with E-state index in [1.54, 1.807) is 67.6 Å². The van der Waals surface area contributed by atoms with Crippen molar-refractivity contribution in [3.8, 4) is 0 Å². The first kappa shape index (κ1) is 21.0. The third-order valence-electron chi connectivity index (χ3n) is 5.05. The first-order valence-corrected chi connectivity index (χ1v) is 9.93. The molecule has 1 heterocycles. The van der Waals surface area contributed by atoms with Crippen LogP contribution in [0.2, 0.25) is 0 Å². The van der Waals surface area contributed by atoms with E-state index in [4.69, 9.17) is 9.47 Å². The van der Waals surface area contributed by atoms with Crippen LogP contribution in [0.3, 0.4) is 0 Å². The van der Waals surface area contributed by atoms with Crippen molar-refractivity contribution >= 4 is 29.4 Å². The van der Waals surface area contributed by atoms with Crippen LogP contribution in [0, 0.1) is 6.92 Å². The van der Waals surface area contributed by atoms with Crippen LogP contribution in [0.25, 0.3) is 0 Å². The minimum absolute atomic E-state index is 0.204. The zero-order valence-electron chi connectivity index (χ0n) is 17.1. The van der Waals surface area contributed by atoms with E-state index in [1.165, 1.54) is 24.3 Å². The molecule has 160 valence electrons. The van der Waals surface area contributed by atoms with Gasteiger partial charge in [0, 0.05) is 0 Å². The van der Waals surface area contributed by atoms with Crippen LogP contribution in [-0.2, 0) is 19.1 Å². The lowest BCUT2D eigenvalue weighted by molar-refractivity contribution is -0.130. The third kappa shape index (κ3) is 4.00. The van der Waals surface area contributed by atoms with Crippen LogP contribution in [-0.4, -0.2) is 36.0 Å². The number of esters is 2. The van der Waals surface area contributed by atoms with E-state index in [-0.39, 0.29) is 11.1 Å². The zero-order chi connectivity index (χ0) is 22.7. The quantitative estimate of drug-likeness (QED) is 0.457. The summed E-state index contributed by atoms with van der Waals surface area (Å²) >= 11 is 0. The van der Waals surface area contributed by atoms with Crippen LogP contribution < -0.4 is 4.90 Å². The fourth-order valence-corrected chi connectivity index (χ4v) is 3.41. The van der Waals surface area contributed by atoms with E-state index in [0.29, 0.717) is 11.3 Å². The topological polar surface area (TPSA) is 90.0 Å². The molecule has 2 amide bonds. The minimum Gasteiger partial charge on any atom is -0.444 e. The number of anilines is 1. The van der Waals surface area contributed by atoms with Crippen molar-refractivity contribution in [1.29, 1.82) is 0 Å². The van der Waals surface area contributed by atoms with E-state index in [9.17, 15) is 19.2 Å². The molecule has 1 fully saturated rings. The second-order valence-corrected chi connectivity index (χ2v) is 7.18. The van der Waals surface area contributed by atoms with Crippen LogP contribution in [0.1, 0.15) is 26.3 Å². The highest BCUT2D eigenvalue weighted by atomic mass is 16.6. The van der Waals surface area contributed by atoms with Gasteiger partial charge in [-0.1, -0.05) is 54.6 Å². The number of aryl methyl sites for hydroxylation is 1. The van der Waals surface area contributed by atoms with Crippen molar-refractivity contribution in [2.75, 3.05) is 4.90 Å². The summed E-state index contributed by atoms with van der Waals surface area (Å²) in [7, 11) is 0. The fraction of sp³-hybridized carbons (Fsp3) is 0.120. The average molecular weight is 429 g/mol. The van der Waals surface area contributed by atoms with E-state index < -0.39 is 36.0 Å². The number of para-hydroxylation sites is 1. The van der Waals surface area contributed by atoms with Crippen molar-refractivity contribution in [3.63, 3.8) is 0 Å². The van der Waals surface area contributed by atoms with Crippen molar-refractivity contribution < 1.29 is 28.7 Å². The van der Waals surface area contributed by atoms with Crippen molar-refractivity contribution in [2.24, 2.45) is 0 Å². The molecule has 7 heteroatoms.